The van der Waals surface area contributed by atoms with E-state index in [2.05, 4.69) is 19.8 Å². The average Bonchev–Trinajstić information content (AvgIpc) is 2.85. The zero-order chi connectivity index (χ0) is 14.9. The monoisotopic (exact) mass is 292 g/mol. The number of esters is 1. The molecule has 0 amide bonds. The SMILES string of the molecule is CCOC(=O)c1cnc2ncnn2c1C(F)(F)C(F)F. The number of alkyl halides is 4. The third-order valence-corrected chi connectivity index (χ3v) is 2.39. The summed E-state index contributed by atoms with van der Waals surface area (Å²) in [6.07, 6.45) is -2.44. The number of hydrogen-bond acceptors (Lipinski definition) is 5. The van der Waals surface area contributed by atoms with E-state index >= 15 is 0 Å². The van der Waals surface area contributed by atoms with Gasteiger partial charge in [0.2, 0.25) is 0 Å². The van der Waals surface area contributed by atoms with Crippen molar-refractivity contribution in [2.75, 3.05) is 6.61 Å². The van der Waals surface area contributed by atoms with Gasteiger partial charge in [0.25, 0.3) is 5.78 Å². The van der Waals surface area contributed by atoms with Gasteiger partial charge in [-0.15, -0.1) is 0 Å². The molecule has 0 aliphatic carbocycles. The molecule has 0 fully saturated rings. The van der Waals surface area contributed by atoms with Crippen LogP contribution in [0.1, 0.15) is 23.0 Å². The number of fused-ring (bicyclic) bond motifs is 1. The molecule has 20 heavy (non-hydrogen) atoms. The molecule has 2 rings (SSSR count). The first-order chi connectivity index (χ1) is 9.39. The molecule has 10 heteroatoms. The first-order valence-corrected chi connectivity index (χ1v) is 5.41. The fourth-order valence-electron chi connectivity index (χ4n) is 1.56. The molecule has 108 valence electrons. The molecule has 0 spiro atoms. The molecular formula is C10H8F4N4O2. The smallest absolute Gasteiger partial charge is 0.350 e. The molecule has 0 atom stereocenters. The molecule has 2 aromatic rings. The number of nitrogens with zero attached hydrogens (tertiary/aromatic N) is 4. The Balaban J connectivity index is 2.72. The Hall–Kier alpha value is -2.26. The topological polar surface area (TPSA) is 69.4 Å². The minimum atomic E-state index is -4.60. The van der Waals surface area contributed by atoms with E-state index in [0.29, 0.717) is 10.7 Å². The second-order valence-electron chi connectivity index (χ2n) is 3.64. The number of rotatable bonds is 4. The summed E-state index contributed by atoms with van der Waals surface area (Å²) in [5.74, 6) is -6.11. The minimum Gasteiger partial charge on any atom is -0.462 e. The van der Waals surface area contributed by atoms with E-state index in [1.165, 1.54) is 6.92 Å². The quantitative estimate of drug-likeness (QED) is 0.633. The predicted molar refractivity (Wildman–Crippen MR) is 56.6 cm³/mol. The van der Waals surface area contributed by atoms with Crippen molar-refractivity contribution in [3.8, 4) is 0 Å². The molecule has 6 nitrogen and oxygen atoms in total. The summed E-state index contributed by atoms with van der Waals surface area (Å²) in [7, 11) is 0. The van der Waals surface area contributed by atoms with Crippen LogP contribution in [0.2, 0.25) is 0 Å². The summed E-state index contributed by atoms with van der Waals surface area (Å²) < 4.78 is 57.5. The molecule has 0 saturated carbocycles. The third-order valence-electron chi connectivity index (χ3n) is 2.39. The molecule has 0 radical (unpaired) electrons. The van der Waals surface area contributed by atoms with Crippen LogP contribution in [0.4, 0.5) is 17.6 Å². The van der Waals surface area contributed by atoms with Crippen LogP contribution in [0.25, 0.3) is 5.78 Å². The normalized spacial score (nSPS) is 12.1. The predicted octanol–water partition coefficient (Wildman–Crippen LogP) is 1.66. The van der Waals surface area contributed by atoms with Crippen molar-refractivity contribution in [1.29, 1.82) is 0 Å². The molecule has 0 N–H and O–H groups in total. The molecule has 0 aliphatic rings. The maximum Gasteiger partial charge on any atom is 0.350 e. The molecule has 0 aliphatic heterocycles. The Morgan fingerprint density at radius 3 is 2.75 bits per heavy atom. The maximum atomic E-state index is 13.7. The van der Waals surface area contributed by atoms with Crippen LogP contribution >= 0.6 is 0 Å². The summed E-state index contributed by atoms with van der Waals surface area (Å²) in [4.78, 5) is 18.7. The Kier molecular flexibility index (Phi) is 3.55. The molecule has 0 aromatic carbocycles. The minimum absolute atomic E-state index is 0.103. The van der Waals surface area contributed by atoms with Gasteiger partial charge in [-0.25, -0.2) is 18.6 Å². The Morgan fingerprint density at radius 2 is 2.15 bits per heavy atom. The van der Waals surface area contributed by atoms with E-state index in [9.17, 15) is 22.4 Å². The van der Waals surface area contributed by atoms with Gasteiger partial charge in [-0.3, -0.25) is 0 Å². The highest BCUT2D eigenvalue weighted by Crippen LogP contribution is 2.36. The lowest BCUT2D eigenvalue weighted by Gasteiger charge is -2.18. The summed E-state index contributed by atoms with van der Waals surface area (Å²) in [5.41, 5.74) is -2.08. The lowest BCUT2D eigenvalue weighted by Crippen LogP contribution is -2.30. The zero-order valence-corrected chi connectivity index (χ0v) is 10.1. The maximum absolute atomic E-state index is 13.7. The second-order valence-corrected chi connectivity index (χ2v) is 3.64. The highest BCUT2D eigenvalue weighted by molar-refractivity contribution is 5.90. The highest BCUT2D eigenvalue weighted by atomic mass is 19.3. The van der Waals surface area contributed by atoms with Crippen molar-refractivity contribution < 1.29 is 27.1 Å². The van der Waals surface area contributed by atoms with E-state index in [1.807, 2.05) is 0 Å². The van der Waals surface area contributed by atoms with Crippen LogP contribution in [0.5, 0.6) is 0 Å². The fraction of sp³-hybridized carbons (Fsp3) is 0.400. The molecule has 0 bridgehead atoms. The fourth-order valence-corrected chi connectivity index (χ4v) is 1.56. The van der Waals surface area contributed by atoms with E-state index in [0.717, 1.165) is 6.33 Å². The summed E-state index contributed by atoms with van der Waals surface area (Å²) >= 11 is 0. The lowest BCUT2D eigenvalue weighted by atomic mass is 10.1. The molecule has 2 aromatic heterocycles. The summed E-state index contributed by atoms with van der Waals surface area (Å²) in [6, 6.07) is 0. The standard InChI is InChI=1S/C10H8F4N4O2/c1-2-20-7(19)5-3-15-9-16-4-17-18(9)6(5)10(13,14)8(11)12/h3-4,8H,2H2,1H3. The van der Waals surface area contributed by atoms with Gasteiger partial charge in [0.05, 0.1) is 6.61 Å². The average molecular weight is 292 g/mol. The first-order valence-electron chi connectivity index (χ1n) is 5.41. The lowest BCUT2D eigenvalue weighted by molar-refractivity contribution is -0.139. The van der Waals surface area contributed by atoms with Gasteiger partial charge in [0, 0.05) is 6.20 Å². The number of aromatic nitrogens is 4. The number of carbonyl (C=O) groups is 1. The number of carbonyl (C=O) groups excluding carboxylic acids is 1. The van der Waals surface area contributed by atoms with Crippen LogP contribution in [0, 0.1) is 0 Å². The molecule has 2 heterocycles. The van der Waals surface area contributed by atoms with Gasteiger partial charge in [-0.05, 0) is 6.92 Å². The Bertz CT molecular complexity index is 643. The van der Waals surface area contributed by atoms with Crippen molar-refractivity contribution in [2.24, 2.45) is 0 Å². The largest absolute Gasteiger partial charge is 0.462 e. The Labute approximate surface area is 109 Å². The van der Waals surface area contributed by atoms with Gasteiger partial charge in [0.1, 0.15) is 17.6 Å². The van der Waals surface area contributed by atoms with Gasteiger partial charge in [0.15, 0.2) is 0 Å². The number of halogens is 4. The van der Waals surface area contributed by atoms with Crippen molar-refractivity contribution in [3.05, 3.63) is 23.8 Å². The van der Waals surface area contributed by atoms with E-state index in [-0.39, 0.29) is 12.4 Å². The van der Waals surface area contributed by atoms with Gasteiger partial charge in [-0.2, -0.15) is 23.4 Å². The van der Waals surface area contributed by atoms with Gasteiger partial charge in [-0.1, -0.05) is 0 Å². The molecule has 0 saturated heterocycles. The van der Waals surface area contributed by atoms with Crippen molar-refractivity contribution >= 4 is 11.7 Å². The van der Waals surface area contributed by atoms with Crippen molar-refractivity contribution in [3.63, 3.8) is 0 Å². The van der Waals surface area contributed by atoms with Gasteiger partial charge >= 0.3 is 18.3 Å². The van der Waals surface area contributed by atoms with Crippen molar-refractivity contribution in [1.82, 2.24) is 19.6 Å². The molecular weight excluding hydrogens is 284 g/mol. The Morgan fingerprint density at radius 1 is 1.45 bits per heavy atom. The third kappa shape index (κ3) is 2.17. The summed E-state index contributed by atoms with van der Waals surface area (Å²) in [5, 5.41) is 3.39. The van der Waals surface area contributed by atoms with Crippen molar-refractivity contribution in [2.45, 2.75) is 19.3 Å². The zero-order valence-electron chi connectivity index (χ0n) is 10.1. The molecule has 0 unspecified atom stereocenters. The van der Waals surface area contributed by atoms with Gasteiger partial charge < -0.3 is 4.74 Å². The number of hydrogen-bond donors (Lipinski definition) is 0. The summed E-state index contributed by atoms with van der Waals surface area (Å²) in [6.45, 7) is 1.35. The van der Waals surface area contributed by atoms with Crippen LogP contribution in [-0.2, 0) is 10.7 Å². The van der Waals surface area contributed by atoms with Crippen LogP contribution < -0.4 is 0 Å². The first kappa shape index (κ1) is 14.2. The highest BCUT2D eigenvalue weighted by Gasteiger charge is 2.48. The van der Waals surface area contributed by atoms with Crippen LogP contribution in [0.3, 0.4) is 0 Å². The second kappa shape index (κ2) is 5.02. The van der Waals surface area contributed by atoms with E-state index in [1.54, 1.807) is 0 Å². The van der Waals surface area contributed by atoms with Crippen LogP contribution in [0.15, 0.2) is 12.5 Å². The van der Waals surface area contributed by atoms with E-state index in [4.69, 9.17) is 0 Å². The van der Waals surface area contributed by atoms with Crippen LogP contribution in [-0.4, -0.2) is 38.6 Å². The number of ether oxygens (including phenoxy) is 1. The van der Waals surface area contributed by atoms with E-state index < -0.39 is 29.6 Å².